The molecule has 1 atom stereocenters. The van der Waals surface area contributed by atoms with Crippen LogP contribution in [0.2, 0.25) is 0 Å². The van der Waals surface area contributed by atoms with E-state index in [1.165, 1.54) is 0 Å². The molecule has 0 aromatic heterocycles. The number of methoxy groups -OCH3 is 1. The van der Waals surface area contributed by atoms with E-state index in [0.29, 0.717) is 30.0 Å². The Bertz CT molecular complexity index is 914. The molecule has 2 amide bonds. The van der Waals surface area contributed by atoms with Gasteiger partial charge in [-0.05, 0) is 54.4 Å². The summed E-state index contributed by atoms with van der Waals surface area (Å²) in [6.45, 7) is 1.62. The van der Waals surface area contributed by atoms with Gasteiger partial charge in [-0.3, -0.25) is 9.59 Å². The first-order chi connectivity index (χ1) is 13.6. The van der Waals surface area contributed by atoms with E-state index in [4.69, 9.17) is 4.74 Å². The maximum absolute atomic E-state index is 14.8. The highest BCUT2D eigenvalue weighted by Gasteiger charge is 2.35. The summed E-state index contributed by atoms with van der Waals surface area (Å²) in [6.07, 6.45) is 0.701. The summed E-state index contributed by atoms with van der Waals surface area (Å²) in [6, 6.07) is 10.5. The van der Waals surface area contributed by atoms with Crippen LogP contribution < -0.4 is 20.3 Å². The van der Waals surface area contributed by atoms with Gasteiger partial charge in [0.2, 0.25) is 11.8 Å². The number of carbonyl (C=O) groups is 2. The van der Waals surface area contributed by atoms with Gasteiger partial charge in [0.1, 0.15) is 11.6 Å². The van der Waals surface area contributed by atoms with Crippen LogP contribution in [0.1, 0.15) is 17.5 Å². The van der Waals surface area contributed by atoms with E-state index in [-0.39, 0.29) is 36.3 Å². The molecule has 2 heterocycles. The van der Waals surface area contributed by atoms with Crippen molar-refractivity contribution in [1.29, 1.82) is 0 Å². The Labute approximate surface area is 162 Å². The molecule has 0 bridgehead atoms. The van der Waals surface area contributed by atoms with Crippen LogP contribution in [-0.2, 0) is 22.6 Å². The first-order valence-corrected chi connectivity index (χ1v) is 9.33. The quantitative estimate of drug-likeness (QED) is 0.851. The molecular formula is C21H22FN3O3. The third-order valence-electron chi connectivity index (χ3n) is 5.35. The van der Waals surface area contributed by atoms with Crippen molar-refractivity contribution < 1.29 is 18.7 Å². The Morgan fingerprint density at radius 2 is 2.04 bits per heavy atom. The molecule has 1 saturated heterocycles. The van der Waals surface area contributed by atoms with Crippen LogP contribution in [-0.4, -0.2) is 32.0 Å². The normalized spacial score (nSPS) is 18.7. The summed E-state index contributed by atoms with van der Waals surface area (Å²) in [5.41, 5.74) is 2.47. The second-order valence-electron chi connectivity index (χ2n) is 7.08. The lowest BCUT2D eigenvalue weighted by atomic mass is 9.99. The number of ether oxygens (including phenoxy) is 1. The Morgan fingerprint density at radius 3 is 2.79 bits per heavy atom. The molecular weight excluding hydrogens is 361 g/mol. The van der Waals surface area contributed by atoms with Crippen LogP contribution in [0.4, 0.5) is 15.8 Å². The Morgan fingerprint density at radius 1 is 1.25 bits per heavy atom. The van der Waals surface area contributed by atoms with Crippen molar-refractivity contribution in [2.75, 3.05) is 30.4 Å². The van der Waals surface area contributed by atoms with Crippen molar-refractivity contribution in [3.63, 3.8) is 0 Å². The fraction of sp³-hybridized carbons (Fsp3) is 0.333. The molecule has 6 nitrogen and oxygen atoms in total. The highest BCUT2D eigenvalue weighted by atomic mass is 19.1. The Kier molecular flexibility index (Phi) is 5.00. The predicted molar refractivity (Wildman–Crippen MR) is 104 cm³/mol. The molecule has 2 aliphatic rings. The lowest BCUT2D eigenvalue weighted by Gasteiger charge is -2.20. The van der Waals surface area contributed by atoms with Crippen LogP contribution in [0.5, 0.6) is 5.75 Å². The smallest absolute Gasteiger partial charge is 0.229 e. The maximum atomic E-state index is 14.8. The number of anilines is 2. The fourth-order valence-electron chi connectivity index (χ4n) is 3.76. The lowest BCUT2D eigenvalue weighted by Crippen LogP contribution is -2.29. The van der Waals surface area contributed by atoms with Gasteiger partial charge in [-0.15, -0.1) is 0 Å². The van der Waals surface area contributed by atoms with E-state index in [0.717, 1.165) is 12.1 Å². The SMILES string of the molecule is COc1ccc(N2CC(C(=O)Nc3ccc4c(c3F)CCNC4)CC2=O)cc1. The van der Waals surface area contributed by atoms with Gasteiger partial charge in [-0.1, -0.05) is 6.07 Å². The van der Waals surface area contributed by atoms with Crippen molar-refractivity contribution in [1.82, 2.24) is 5.32 Å². The molecule has 28 heavy (non-hydrogen) atoms. The van der Waals surface area contributed by atoms with Crippen LogP contribution in [0.25, 0.3) is 0 Å². The van der Waals surface area contributed by atoms with Crippen LogP contribution in [0.15, 0.2) is 36.4 Å². The van der Waals surface area contributed by atoms with Crippen molar-refractivity contribution in [2.45, 2.75) is 19.4 Å². The monoisotopic (exact) mass is 383 g/mol. The number of hydrogen-bond donors (Lipinski definition) is 2. The van der Waals surface area contributed by atoms with Crippen LogP contribution >= 0.6 is 0 Å². The topological polar surface area (TPSA) is 70.7 Å². The van der Waals surface area contributed by atoms with Gasteiger partial charge >= 0.3 is 0 Å². The van der Waals surface area contributed by atoms with E-state index in [9.17, 15) is 14.0 Å². The van der Waals surface area contributed by atoms with E-state index < -0.39 is 5.92 Å². The van der Waals surface area contributed by atoms with E-state index in [1.54, 1.807) is 42.3 Å². The first-order valence-electron chi connectivity index (χ1n) is 9.33. The van der Waals surface area contributed by atoms with Gasteiger partial charge in [0.15, 0.2) is 0 Å². The van der Waals surface area contributed by atoms with Crippen molar-refractivity contribution in [3.8, 4) is 5.75 Å². The zero-order valence-corrected chi connectivity index (χ0v) is 15.6. The summed E-state index contributed by atoms with van der Waals surface area (Å²) in [7, 11) is 1.58. The number of carbonyl (C=O) groups excluding carboxylic acids is 2. The first kappa shape index (κ1) is 18.4. The number of rotatable bonds is 4. The minimum Gasteiger partial charge on any atom is -0.497 e. The molecule has 1 fully saturated rings. The third kappa shape index (κ3) is 3.45. The van der Waals surface area contributed by atoms with E-state index >= 15 is 0 Å². The zero-order valence-electron chi connectivity index (χ0n) is 15.6. The molecule has 2 aromatic rings. The van der Waals surface area contributed by atoms with Gasteiger partial charge in [-0.2, -0.15) is 0 Å². The highest BCUT2D eigenvalue weighted by molar-refractivity contribution is 6.03. The molecule has 7 heteroatoms. The molecule has 0 radical (unpaired) electrons. The summed E-state index contributed by atoms with van der Waals surface area (Å²) in [5, 5.41) is 5.88. The van der Waals surface area contributed by atoms with Crippen LogP contribution in [0.3, 0.4) is 0 Å². The van der Waals surface area contributed by atoms with Gasteiger partial charge in [0, 0.05) is 25.2 Å². The number of halogens is 1. The molecule has 4 rings (SSSR count). The number of benzene rings is 2. The van der Waals surface area contributed by atoms with Gasteiger partial charge in [-0.25, -0.2) is 4.39 Å². The van der Waals surface area contributed by atoms with E-state index in [2.05, 4.69) is 10.6 Å². The number of nitrogens with zero attached hydrogens (tertiary/aromatic N) is 1. The molecule has 146 valence electrons. The average molecular weight is 383 g/mol. The molecule has 1 unspecified atom stereocenters. The molecule has 0 aliphatic carbocycles. The number of nitrogens with one attached hydrogen (secondary N) is 2. The Balaban J connectivity index is 1.46. The minimum atomic E-state index is -0.522. The predicted octanol–water partition coefficient (Wildman–Crippen LogP) is 2.47. The van der Waals surface area contributed by atoms with Crippen LogP contribution in [0, 0.1) is 11.7 Å². The molecule has 2 aliphatic heterocycles. The summed E-state index contributed by atoms with van der Waals surface area (Å²) < 4.78 is 19.9. The third-order valence-corrected chi connectivity index (χ3v) is 5.35. The van der Waals surface area contributed by atoms with Gasteiger partial charge < -0.3 is 20.3 Å². The van der Waals surface area contributed by atoms with Crippen molar-refractivity contribution in [3.05, 3.63) is 53.3 Å². The second-order valence-corrected chi connectivity index (χ2v) is 7.08. The highest BCUT2D eigenvalue weighted by Crippen LogP contribution is 2.29. The summed E-state index contributed by atoms with van der Waals surface area (Å²) >= 11 is 0. The zero-order chi connectivity index (χ0) is 19.7. The average Bonchev–Trinajstić information content (AvgIpc) is 3.12. The minimum absolute atomic E-state index is 0.105. The molecule has 2 N–H and O–H groups in total. The molecule has 2 aromatic carbocycles. The Hall–Kier alpha value is -2.93. The summed E-state index contributed by atoms with van der Waals surface area (Å²) in [5.74, 6) is -0.655. The standard InChI is InChI=1S/C21H22FN3O3/c1-28-16-5-3-15(4-6-16)25-12-14(10-19(25)26)21(27)24-18-7-2-13-11-23-9-8-17(13)20(18)22/h2-7,14,23H,8-12H2,1H3,(H,24,27). The van der Waals surface area contributed by atoms with Gasteiger partial charge in [0.25, 0.3) is 0 Å². The fourth-order valence-corrected chi connectivity index (χ4v) is 3.76. The largest absolute Gasteiger partial charge is 0.497 e. The molecule has 0 spiro atoms. The number of amides is 2. The number of fused-ring (bicyclic) bond motifs is 1. The van der Waals surface area contributed by atoms with Gasteiger partial charge in [0.05, 0.1) is 18.7 Å². The van der Waals surface area contributed by atoms with E-state index in [1.807, 2.05) is 6.07 Å². The summed E-state index contributed by atoms with van der Waals surface area (Å²) in [4.78, 5) is 26.6. The maximum Gasteiger partial charge on any atom is 0.229 e. The molecule has 0 saturated carbocycles. The second kappa shape index (κ2) is 7.59. The van der Waals surface area contributed by atoms with Crippen molar-refractivity contribution >= 4 is 23.2 Å². The lowest BCUT2D eigenvalue weighted by molar-refractivity contribution is -0.122. The number of hydrogen-bond acceptors (Lipinski definition) is 4. The van der Waals surface area contributed by atoms with Crippen molar-refractivity contribution in [2.24, 2.45) is 5.92 Å².